The van der Waals surface area contributed by atoms with Crippen LogP contribution in [0.5, 0.6) is 0 Å². The Morgan fingerprint density at radius 3 is 2.68 bits per heavy atom. The van der Waals surface area contributed by atoms with Gasteiger partial charge in [-0.25, -0.2) is 4.39 Å². The molecule has 0 spiro atoms. The average Bonchev–Trinajstić information content (AvgIpc) is 2.40. The molecule has 0 fully saturated rings. The largest absolute Gasteiger partial charge is 0.388 e. The summed E-state index contributed by atoms with van der Waals surface area (Å²) in [7, 11) is 0. The lowest BCUT2D eigenvalue weighted by Gasteiger charge is -2.21. The standard InChI is InChI=1S/C14H14ClFN2O/c15-9-4-5-10(12(16)7-9)14(19)11(8-17)13-3-1-2-6-18-13/h1-7,11,14,19H,8,17H2. The maximum absolute atomic E-state index is 13.8. The minimum absolute atomic E-state index is 0.167. The van der Waals surface area contributed by atoms with Gasteiger partial charge in [-0.3, -0.25) is 4.98 Å². The summed E-state index contributed by atoms with van der Waals surface area (Å²) in [6, 6.07) is 9.51. The molecule has 19 heavy (non-hydrogen) atoms. The summed E-state index contributed by atoms with van der Waals surface area (Å²) >= 11 is 5.69. The number of hydrogen-bond donors (Lipinski definition) is 2. The number of halogens is 2. The molecule has 0 saturated heterocycles. The second-order valence-corrected chi connectivity index (χ2v) is 4.64. The molecule has 2 rings (SSSR count). The highest BCUT2D eigenvalue weighted by Crippen LogP contribution is 2.31. The van der Waals surface area contributed by atoms with Crippen molar-refractivity contribution in [3.8, 4) is 0 Å². The summed E-state index contributed by atoms with van der Waals surface area (Å²) in [6.45, 7) is 0.167. The van der Waals surface area contributed by atoms with Crippen molar-refractivity contribution >= 4 is 11.6 Å². The number of aliphatic hydroxyl groups excluding tert-OH is 1. The lowest BCUT2D eigenvalue weighted by atomic mass is 9.92. The molecule has 0 aliphatic heterocycles. The third-order valence-electron chi connectivity index (χ3n) is 2.98. The highest BCUT2D eigenvalue weighted by Gasteiger charge is 2.25. The van der Waals surface area contributed by atoms with Crippen LogP contribution in [0.25, 0.3) is 0 Å². The Hall–Kier alpha value is -1.49. The summed E-state index contributed by atoms with van der Waals surface area (Å²) in [5.74, 6) is -1.01. The Balaban J connectivity index is 2.33. The van der Waals surface area contributed by atoms with Gasteiger partial charge in [-0.05, 0) is 24.3 Å². The zero-order chi connectivity index (χ0) is 13.8. The van der Waals surface area contributed by atoms with E-state index >= 15 is 0 Å². The predicted octanol–water partition coefficient (Wildman–Crippen LogP) is 2.65. The molecular formula is C14H14ClFN2O. The lowest BCUT2D eigenvalue weighted by molar-refractivity contribution is 0.141. The topological polar surface area (TPSA) is 59.1 Å². The van der Waals surface area contributed by atoms with E-state index < -0.39 is 17.8 Å². The molecule has 0 amide bonds. The Labute approximate surface area is 115 Å². The van der Waals surface area contributed by atoms with Crippen molar-refractivity contribution in [3.05, 3.63) is 64.7 Å². The minimum atomic E-state index is -1.06. The molecule has 2 aromatic rings. The molecule has 0 aliphatic carbocycles. The van der Waals surface area contributed by atoms with Gasteiger partial charge in [-0.15, -0.1) is 0 Å². The lowest BCUT2D eigenvalue weighted by Crippen LogP contribution is -2.21. The van der Waals surface area contributed by atoms with E-state index in [9.17, 15) is 9.50 Å². The zero-order valence-corrected chi connectivity index (χ0v) is 10.9. The minimum Gasteiger partial charge on any atom is -0.388 e. The van der Waals surface area contributed by atoms with E-state index in [1.165, 1.54) is 18.2 Å². The third kappa shape index (κ3) is 3.10. The van der Waals surface area contributed by atoms with Crippen molar-refractivity contribution in [3.63, 3.8) is 0 Å². The van der Waals surface area contributed by atoms with Crippen LogP contribution in [-0.4, -0.2) is 16.6 Å². The fraction of sp³-hybridized carbons (Fsp3) is 0.214. The fourth-order valence-corrected chi connectivity index (χ4v) is 2.12. The quantitative estimate of drug-likeness (QED) is 0.905. The smallest absolute Gasteiger partial charge is 0.130 e. The van der Waals surface area contributed by atoms with Gasteiger partial charge in [0.05, 0.1) is 6.10 Å². The molecule has 1 aromatic heterocycles. The first kappa shape index (κ1) is 13.9. The molecule has 2 unspecified atom stereocenters. The molecule has 3 N–H and O–H groups in total. The van der Waals surface area contributed by atoms with Gasteiger partial charge in [0.2, 0.25) is 0 Å². The van der Waals surface area contributed by atoms with Crippen LogP contribution in [0.2, 0.25) is 5.02 Å². The van der Waals surface area contributed by atoms with E-state index in [-0.39, 0.29) is 17.1 Å². The van der Waals surface area contributed by atoms with Crippen molar-refractivity contribution in [1.82, 2.24) is 4.98 Å². The normalized spacial score (nSPS) is 14.1. The first-order valence-electron chi connectivity index (χ1n) is 5.87. The van der Waals surface area contributed by atoms with Crippen LogP contribution >= 0.6 is 11.6 Å². The Morgan fingerprint density at radius 1 is 1.32 bits per heavy atom. The van der Waals surface area contributed by atoms with E-state index in [1.54, 1.807) is 24.4 Å². The SMILES string of the molecule is NCC(c1ccccn1)C(O)c1ccc(Cl)cc1F. The Bertz CT molecular complexity index is 550. The maximum atomic E-state index is 13.8. The van der Waals surface area contributed by atoms with Gasteiger partial charge in [0.1, 0.15) is 5.82 Å². The summed E-state index contributed by atoms with van der Waals surface area (Å²) in [6.07, 6.45) is 0.556. The molecule has 5 heteroatoms. The molecule has 0 saturated carbocycles. The van der Waals surface area contributed by atoms with Crippen LogP contribution in [0.1, 0.15) is 23.3 Å². The van der Waals surface area contributed by atoms with Crippen molar-refractivity contribution < 1.29 is 9.50 Å². The highest BCUT2D eigenvalue weighted by molar-refractivity contribution is 6.30. The molecule has 2 atom stereocenters. The van der Waals surface area contributed by atoms with Crippen LogP contribution in [-0.2, 0) is 0 Å². The van der Waals surface area contributed by atoms with E-state index in [2.05, 4.69) is 4.98 Å². The number of pyridine rings is 1. The number of aromatic nitrogens is 1. The second-order valence-electron chi connectivity index (χ2n) is 4.21. The summed E-state index contributed by atoms with van der Waals surface area (Å²) in [4.78, 5) is 4.16. The molecule has 1 heterocycles. The molecule has 100 valence electrons. The van der Waals surface area contributed by atoms with Crippen molar-refractivity contribution in [2.45, 2.75) is 12.0 Å². The van der Waals surface area contributed by atoms with E-state index in [4.69, 9.17) is 17.3 Å². The van der Waals surface area contributed by atoms with E-state index in [0.29, 0.717) is 5.69 Å². The first-order chi connectivity index (χ1) is 9.13. The zero-order valence-electron chi connectivity index (χ0n) is 10.1. The number of benzene rings is 1. The maximum Gasteiger partial charge on any atom is 0.130 e. The molecule has 0 bridgehead atoms. The molecule has 3 nitrogen and oxygen atoms in total. The Morgan fingerprint density at radius 2 is 2.11 bits per heavy atom. The first-order valence-corrected chi connectivity index (χ1v) is 6.25. The van der Waals surface area contributed by atoms with Gasteiger partial charge in [0.15, 0.2) is 0 Å². The van der Waals surface area contributed by atoms with Crippen LogP contribution in [0.4, 0.5) is 4.39 Å². The van der Waals surface area contributed by atoms with Gasteiger partial charge in [-0.2, -0.15) is 0 Å². The van der Waals surface area contributed by atoms with Crippen LogP contribution in [0.3, 0.4) is 0 Å². The monoisotopic (exact) mass is 280 g/mol. The van der Waals surface area contributed by atoms with Crippen LogP contribution in [0.15, 0.2) is 42.6 Å². The predicted molar refractivity (Wildman–Crippen MR) is 72.4 cm³/mol. The van der Waals surface area contributed by atoms with Gasteiger partial charge in [0.25, 0.3) is 0 Å². The van der Waals surface area contributed by atoms with Crippen LogP contribution < -0.4 is 5.73 Å². The number of rotatable bonds is 4. The Kier molecular flexibility index (Phi) is 4.47. The van der Waals surface area contributed by atoms with Crippen LogP contribution in [0, 0.1) is 5.82 Å². The van der Waals surface area contributed by atoms with E-state index in [1.807, 2.05) is 0 Å². The number of hydrogen-bond acceptors (Lipinski definition) is 3. The molecule has 0 aliphatic rings. The van der Waals surface area contributed by atoms with Gasteiger partial charge >= 0.3 is 0 Å². The summed E-state index contributed by atoms with van der Waals surface area (Å²) < 4.78 is 13.8. The highest BCUT2D eigenvalue weighted by atomic mass is 35.5. The van der Waals surface area contributed by atoms with Crippen molar-refractivity contribution in [2.24, 2.45) is 5.73 Å². The third-order valence-corrected chi connectivity index (χ3v) is 3.22. The molecular weight excluding hydrogens is 267 g/mol. The van der Waals surface area contributed by atoms with Crippen molar-refractivity contribution in [2.75, 3.05) is 6.54 Å². The number of nitrogens with zero attached hydrogens (tertiary/aromatic N) is 1. The summed E-state index contributed by atoms with van der Waals surface area (Å²) in [5, 5.41) is 10.6. The van der Waals surface area contributed by atoms with Gasteiger partial charge in [-0.1, -0.05) is 23.7 Å². The van der Waals surface area contributed by atoms with Gasteiger partial charge in [0, 0.05) is 34.9 Å². The molecule has 1 aromatic carbocycles. The summed E-state index contributed by atoms with van der Waals surface area (Å²) in [5.41, 5.74) is 6.48. The fourth-order valence-electron chi connectivity index (χ4n) is 1.96. The second kappa shape index (κ2) is 6.10. The number of nitrogens with two attached hydrogens (primary N) is 1. The van der Waals surface area contributed by atoms with Crippen molar-refractivity contribution in [1.29, 1.82) is 0 Å². The van der Waals surface area contributed by atoms with Gasteiger partial charge < -0.3 is 10.8 Å². The van der Waals surface area contributed by atoms with E-state index in [0.717, 1.165) is 0 Å². The average molecular weight is 281 g/mol. The molecule has 0 radical (unpaired) electrons. The number of aliphatic hydroxyl groups is 1.